The molecule has 0 spiro atoms. The van der Waals surface area contributed by atoms with Crippen LogP contribution in [0.1, 0.15) is 6.92 Å². The number of nitrogens with one attached hydrogen (secondary N) is 1. The Bertz CT molecular complexity index is 560. The summed E-state index contributed by atoms with van der Waals surface area (Å²) in [5.74, 6) is 0.0871. The Kier molecular flexibility index (Phi) is 3.45. The van der Waals surface area contributed by atoms with Crippen molar-refractivity contribution in [1.82, 2.24) is 4.98 Å². The number of nitrogens with zero attached hydrogens (tertiary/aromatic N) is 1. The molecular weight excluding hydrogens is 240 g/mol. The average molecular weight is 253 g/mol. The fourth-order valence-electron chi connectivity index (χ4n) is 1.74. The van der Waals surface area contributed by atoms with Crippen LogP contribution in [0.15, 0.2) is 24.4 Å². The quantitative estimate of drug-likeness (QED) is 0.879. The van der Waals surface area contributed by atoms with E-state index in [4.69, 9.17) is 5.73 Å². The molecule has 6 heteroatoms. The molecule has 1 aromatic heterocycles. The largest absolute Gasteiger partial charge is 0.435 e. The standard InChI is InChI=1S/C12H13F2N3O/c1-2-16-11-8-5-7(18-12(13)14)3-4-10(8)17-6-9(11)15/h3-6,12H,2,15H2,1H3,(H,16,17). The number of alkyl halides is 2. The number of nitrogens with two attached hydrogens (primary N) is 1. The molecule has 2 rings (SSSR count). The highest BCUT2D eigenvalue weighted by Gasteiger charge is 2.09. The smallest absolute Gasteiger partial charge is 0.387 e. The number of ether oxygens (including phenoxy) is 1. The Morgan fingerprint density at radius 2 is 2.22 bits per heavy atom. The molecule has 0 saturated heterocycles. The minimum absolute atomic E-state index is 0.0871. The summed E-state index contributed by atoms with van der Waals surface area (Å²) in [5, 5.41) is 3.75. The lowest BCUT2D eigenvalue weighted by atomic mass is 10.1. The van der Waals surface area contributed by atoms with Crippen LogP contribution in [0.25, 0.3) is 10.9 Å². The predicted molar refractivity (Wildman–Crippen MR) is 67.0 cm³/mol. The molecule has 0 saturated carbocycles. The molecule has 0 aliphatic carbocycles. The van der Waals surface area contributed by atoms with Crippen molar-refractivity contribution < 1.29 is 13.5 Å². The zero-order chi connectivity index (χ0) is 13.1. The van der Waals surface area contributed by atoms with Crippen molar-refractivity contribution in [2.45, 2.75) is 13.5 Å². The van der Waals surface area contributed by atoms with E-state index in [2.05, 4.69) is 15.0 Å². The van der Waals surface area contributed by atoms with Gasteiger partial charge in [0, 0.05) is 11.9 Å². The predicted octanol–water partition coefficient (Wildman–Crippen LogP) is 2.85. The van der Waals surface area contributed by atoms with Gasteiger partial charge < -0.3 is 15.8 Å². The van der Waals surface area contributed by atoms with Crippen LogP contribution in [0.4, 0.5) is 20.2 Å². The molecule has 0 fully saturated rings. The molecule has 0 radical (unpaired) electrons. The maximum absolute atomic E-state index is 12.2. The highest BCUT2D eigenvalue weighted by Crippen LogP contribution is 2.30. The normalized spacial score (nSPS) is 10.9. The molecule has 96 valence electrons. The highest BCUT2D eigenvalue weighted by atomic mass is 19.3. The molecular formula is C12H13F2N3O. The summed E-state index contributed by atoms with van der Waals surface area (Å²) in [6.45, 7) is -0.256. The molecule has 18 heavy (non-hydrogen) atoms. The van der Waals surface area contributed by atoms with Gasteiger partial charge in [-0.15, -0.1) is 0 Å². The molecule has 1 aromatic carbocycles. The number of benzene rings is 1. The van der Waals surface area contributed by atoms with E-state index in [0.717, 1.165) is 0 Å². The van der Waals surface area contributed by atoms with E-state index in [0.29, 0.717) is 28.8 Å². The highest BCUT2D eigenvalue weighted by molar-refractivity contribution is 5.97. The number of fused-ring (bicyclic) bond motifs is 1. The summed E-state index contributed by atoms with van der Waals surface area (Å²) in [6, 6.07) is 4.57. The summed E-state index contributed by atoms with van der Waals surface area (Å²) in [5.41, 5.74) is 7.63. The minimum Gasteiger partial charge on any atom is -0.435 e. The van der Waals surface area contributed by atoms with Crippen molar-refractivity contribution in [2.24, 2.45) is 0 Å². The van der Waals surface area contributed by atoms with Crippen LogP contribution < -0.4 is 15.8 Å². The molecule has 2 aromatic rings. The molecule has 4 nitrogen and oxygen atoms in total. The van der Waals surface area contributed by atoms with Crippen LogP contribution in [0.5, 0.6) is 5.75 Å². The summed E-state index contributed by atoms with van der Waals surface area (Å²) in [6.07, 6.45) is 1.54. The maximum atomic E-state index is 12.2. The van der Waals surface area contributed by atoms with Crippen LogP contribution in [-0.2, 0) is 0 Å². The first kappa shape index (κ1) is 12.3. The molecule has 0 atom stereocenters. The van der Waals surface area contributed by atoms with Gasteiger partial charge in [-0.2, -0.15) is 8.78 Å². The minimum atomic E-state index is -2.85. The van der Waals surface area contributed by atoms with Crippen molar-refractivity contribution in [1.29, 1.82) is 0 Å². The van der Waals surface area contributed by atoms with E-state index in [1.165, 1.54) is 18.3 Å². The van der Waals surface area contributed by atoms with Gasteiger partial charge in [-0.3, -0.25) is 4.98 Å². The Hall–Kier alpha value is -2.11. The number of anilines is 2. The molecule has 0 bridgehead atoms. The van der Waals surface area contributed by atoms with E-state index in [1.807, 2.05) is 6.92 Å². The number of hydrogen-bond acceptors (Lipinski definition) is 4. The first-order chi connectivity index (χ1) is 8.61. The Morgan fingerprint density at radius 3 is 2.89 bits per heavy atom. The molecule has 3 N–H and O–H groups in total. The molecule has 0 amide bonds. The molecule has 0 unspecified atom stereocenters. The van der Waals surface area contributed by atoms with Gasteiger partial charge in [0.15, 0.2) is 0 Å². The van der Waals surface area contributed by atoms with Crippen molar-refractivity contribution in [3.63, 3.8) is 0 Å². The van der Waals surface area contributed by atoms with Crippen molar-refractivity contribution in [3.8, 4) is 5.75 Å². The Labute approximate surface area is 103 Å². The van der Waals surface area contributed by atoms with E-state index >= 15 is 0 Å². The van der Waals surface area contributed by atoms with Gasteiger partial charge in [0.2, 0.25) is 0 Å². The Morgan fingerprint density at radius 1 is 1.44 bits per heavy atom. The second-order valence-corrected chi connectivity index (χ2v) is 3.68. The van der Waals surface area contributed by atoms with Crippen LogP contribution in [-0.4, -0.2) is 18.1 Å². The number of halogens is 2. The van der Waals surface area contributed by atoms with E-state index < -0.39 is 6.61 Å². The SMILES string of the molecule is CCNc1c(N)cnc2ccc(OC(F)F)cc12. The summed E-state index contributed by atoms with van der Waals surface area (Å²) in [4.78, 5) is 4.14. The number of rotatable bonds is 4. The number of nitrogen functional groups attached to an aromatic ring is 1. The second kappa shape index (κ2) is 5.03. The van der Waals surface area contributed by atoms with Crippen LogP contribution in [0.2, 0.25) is 0 Å². The lowest BCUT2D eigenvalue weighted by Crippen LogP contribution is -2.04. The lowest BCUT2D eigenvalue weighted by molar-refractivity contribution is -0.0497. The topological polar surface area (TPSA) is 60.2 Å². The third-order valence-electron chi connectivity index (χ3n) is 2.45. The van der Waals surface area contributed by atoms with Gasteiger partial charge in [0.1, 0.15) is 5.75 Å². The van der Waals surface area contributed by atoms with Gasteiger partial charge in [-0.05, 0) is 25.1 Å². The van der Waals surface area contributed by atoms with Gasteiger partial charge in [0.25, 0.3) is 0 Å². The third kappa shape index (κ3) is 2.42. The summed E-state index contributed by atoms with van der Waals surface area (Å²) >= 11 is 0. The number of aromatic nitrogens is 1. The Balaban J connectivity index is 2.54. The van der Waals surface area contributed by atoms with E-state index in [1.54, 1.807) is 6.07 Å². The number of hydrogen-bond donors (Lipinski definition) is 2. The monoisotopic (exact) mass is 253 g/mol. The first-order valence-electron chi connectivity index (χ1n) is 5.48. The molecule has 1 heterocycles. The van der Waals surface area contributed by atoms with Crippen LogP contribution in [0, 0.1) is 0 Å². The van der Waals surface area contributed by atoms with E-state index in [9.17, 15) is 8.78 Å². The van der Waals surface area contributed by atoms with Gasteiger partial charge >= 0.3 is 6.61 Å². The first-order valence-corrected chi connectivity index (χ1v) is 5.48. The zero-order valence-electron chi connectivity index (χ0n) is 9.78. The van der Waals surface area contributed by atoms with Crippen molar-refractivity contribution >= 4 is 22.3 Å². The van der Waals surface area contributed by atoms with Gasteiger partial charge in [0.05, 0.1) is 23.1 Å². The maximum Gasteiger partial charge on any atom is 0.387 e. The average Bonchev–Trinajstić information content (AvgIpc) is 2.32. The van der Waals surface area contributed by atoms with Gasteiger partial charge in [-0.25, -0.2) is 0 Å². The number of pyridine rings is 1. The van der Waals surface area contributed by atoms with Crippen LogP contribution in [0.3, 0.4) is 0 Å². The third-order valence-corrected chi connectivity index (χ3v) is 2.45. The fraction of sp³-hybridized carbons (Fsp3) is 0.250. The summed E-state index contributed by atoms with van der Waals surface area (Å²) < 4.78 is 28.7. The van der Waals surface area contributed by atoms with Crippen molar-refractivity contribution in [2.75, 3.05) is 17.6 Å². The zero-order valence-corrected chi connectivity index (χ0v) is 9.78. The van der Waals surface area contributed by atoms with E-state index in [-0.39, 0.29) is 5.75 Å². The van der Waals surface area contributed by atoms with Gasteiger partial charge in [-0.1, -0.05) is 0 Å². The molecule has 0 aliphatic heterocycles. The fourth-order valence-corrected chi connectivity index (χ4v) is 1.74. The lowest BCUT2D eigenvalue weighted by Gasteiger charge is -2.12. The molecule has 0 aliphatic rings. The second-order valence-electron chi connectivity index (χ2n) is 3.68. The van der Waals surface area contributed by atoms with Crippen LogP contribution >= 0.6 is 0 Å². The van der Waals surface area contributed by atoms with Crippen molar-refractivity contribution in [3.05, 3.63) is 24.4 Å². The summed E-state index contributed by atoms with van der Waals surface area (Å²) in [7, 11) is 0.